The Bertz CT molecular complexity index is 1510. The van der Waals surface area contributed by atoms with E-state index in [-0.39, 0.29) is 23.0 Å². The van der Waals surface area contributed by atoms with E-state index < -0.39 is 11.7 Å². The number of hydrogen-bond donors (Lipinski definition) is 1. The predicted molar refractivity (Wildman–Crippen MR) is 131 cm³/mol. The van der Waals surface area contributed by atoms with Crippen LogP contribution in [0.2, 0.25) is 0 Å². The van der Waals surface area contributed by atoms with Crippen LogP contribution in [0, 0.1) is 17.1 Å². The summed E-state index contributed by atoms with van der Waals surface area (Å²) < 4.78 is 22.8. The molecule has 180 valence electrons. The molecule has 0 saturated carbocycles. The van der Waals surface area contributed by atoms with Crippen molar-refractivity contribution in [2.75, 3.05) is 18.8 Å². The monoisotopic (exact) mass is 483 g/mol. The standard InChI is InChI=1S/C26H22FN7O2/c1-16(13-28)26(35)33-11-5-6-17(14-33)34-25-22(24(29)30-15-31-25)23(32-34)20-10-9-19(12-21(20)27)36-18-7-3-2-4-8-18/h2-4,7-10,12,15,17H,1,5-6,11,14H2,(H2,29,30,31)/t17-/m1/s1. The Balaban J connectivity index is 1.52. The van der Waals surface area contributed by atoms with Gasteiger partial charge in [0.25, 0.3) is 5.91 Å². The van der Waals surface area contributed by atoms with E-state index in [0.29, 0.717) is 47.7 Å². The number of nitrogen functional groups attached to an aromatic ring is 1. The Labute approximate surface area is 206 Å². The number of likely N-dealkylation sites (tertiary alicyclic amines) is 1. The maximum Gasteiger partial charge on any atom is 0.263 e. The smallest absolute Gasteiger partial charge is 0.263 e. The highest BCUT2D eigenvalue weighted by Crippen LogP contribution is 2.36. The summed E-state index contributed by atoms with van der Waals surface area (Å²) in [6, 6.07) is 15.2. The number of amides is 1. The number of nitrogens with zero attached hydrogens (tertiary/aromatic N) is 6. The van der Waals surface area contributed by atoms with Gasteiger partial charge in [0.2, 0.25) is 0 Å². The highest BCUT2D eigenvalue weighted by atomic mass is 19.1. The van der Waals surface area contributed by atoms with Gasteiger partial charge in [0.1, 0.15) is 46.8 Å². The van der Waals surface area contributed by atoms with Crippen molar-refractivity contribution in [2.45, 2.75) is 18.9 Å². The van der Waals surface area contributed by atoms with E-state index in [1.807, 2.05) is 24.3 Å². The molecular weight excluding hydrogens is 461 g/mol. The minimum absolute atomic E-state index is 0.117. The van der Waals surface area contributed by atoms with E-state index in [1.165, 1.54) is 12.4 Å². The van der Waals surface area contributed by atoms with Crippen LogP contribution in [0.3, 0.4) is 0 Å². The van der Waals surface area contributed by atoms with Crippen LogP contribution in [0.15, 0.2) is 67.0 Å². The van der Waals surface area contributed by atoms with Crippen molar-refractivity contribution in [2.24, 2.45) is 0 Å². The van der Waals surface area contributed by atoms with Crippen molar-refractivity contribution in [3.63, 3.8) is 0 Å². The molecule has 3 heterocycles. The van der Waals surface area contributed by atoms with E-state index in [1.54, 1.807) is 33.8 Å². The number of anilines is 1. The number of halogens is 1. The Morgan fingerprint density at radius 2 is 2.00 bits per heavy atom. The molecule has 1 fully saturated rings. The zero-order chi connectivity index (χ0) is 25.2. The van der Waals surface area contributed by atoms with Crippen molar-refractivity contribution < 1.29 is 13.9 Å². The van der Waals surface area contributed by atoms with Crippen LogP contribution in [-0.2, 0) is 4.79 Å². The van der Waals surface area contributed by atoms with Crippen LogP contribution in [-0.4, -0.2) is 43.6 Å². The van der Waals surface area contributed by atoms with Crippen LogP contribution >= 0.6 is 0 Å². The lowest BCUT2D eigenvalue weighted by atomic mass is 10.0. The first-order valence-corrected chi connectivity index (χ1v) is 11.4. The summed E-state index contributed by atoms with van der Waals surface area (Å²) in [4.78, 5) is 22.6. The molecule has 10 heteroatoms. The lowest BCUT2D eigenvalue weighted by molar-refractivity contribution is -0.128. The largest absolute Gasteiger partial charge is 0.457 e. The maximum atomic E-state index is 15.3. The van der Waals surface area contributed by atoms with Gasteiger partial charge in [-0.25, -0.2) is 19.0 Å². The van der Waals surface area contributed by atoms with Crippen LogP contribution < -0.4 is 10.5 Å². The van der Waals surface area contributed by atoms with E-state index in [9.17, 15) is 4.79 Å². The molecule has 4 aromatic rings. The first-order valence-electron chi connectivity index (χ1n) is 11.4. The van der Waals surface area contributed by atoms with Gasteiger partial charge >= 0.3 is 0 Å². The number of nitriles is 1. The lowest BCUT2D eigenvalue weighted by Crippen LogP contribution is -2.41. The molecule has 1 aliphatic rings. The van der Waals surface area contributed by atoms with Gasteiger partial charge < -0.3 is 15.4 Å². The van der Waals surface area contributed by atoms with Gasteiger partial charge in [-0.15, -0.1) is 0 Å². The highest BCUT2D eigenvalue weighted by molar-refractivity contribution is 5.98. The van der Waals surface area contributed by atoms with E-state index in [4.69, 9.17) is 20.8 Å². The highest BCUT2D eigenvalue weighted by Gasteiger charge is 2.30. The zero-order valence-electron chi connectivity index (χ0n) is 19.3. The first kappa shape index (κ1) is 23.0. The third-order valence-electron chi connectivity index (χ3n) is 6.12. The average Bonchev–Trinajstić information content (AvgIpc) is 3.29. The SMILES string of the molecule is C=C(C#N)C(=O)N1CCC[C@@H](n2nc(-c3ccc(Oc4ccccc4)cc3F)c3c(N)ncnc32)C1. The van der Waals surface area contributed by atoms with E-state index >= 15 is 4.39 Å². The fraction of sp³-hybridized carbons (Fsp3) is 0.192. The minimum atomic E-state index is -0.538. The second-order valence-corrected chi connectivity index (χ2v) is 8.45. The number of aromatic nitrogens is 4. The molecule has 0 unspecified atom stereocenters. The van der Waals surface area contributed by atoms with Gasteiger partial charge in [-0.05, 0) is 37.1 Å². The summed E-state index contributed by atoms with van der Waals surface area (Å²) in [5.41, 5.74) is 7.04. The molecule has 0 bridgehead atoms. The summed E-state index contributed by atoms with van der Waals surface area (Å²) in [5.74, 6) is 0.158. The topological polar surface area (TPSA) is 123 Å². The average molecular weight is 484 g/mol. The Morgan fingerprint density at radius 1 is 1.19 bits per heavy atom. The molecule has 0 spiro atoms. The Kier molecular flexibility index (Phi) is 6.04. The van der Waals surface area contributed by atoms with E-state index in [2.05, 4.69) is 16.5 Å². The molecule has 5 rings (SSSR count). The number of nitrogens with two attached hydrogens (primary N) is 1. The number of carbonyl (C=O) groups is 1. The number of benzene rings is 2. The quantitative estimate of drug-likeness (QED) is 0.332. The molecule has 0 aliphatic carbocycles. The second-order valence-electron chi connectivity index (χ2n) is 8.45. The molecule has 1 saturated heterocycles. The molecule has 1 aliphatic heterocycles. The van der Waals surface area contributed by atoms with Crippen LogP contribution in [0.25, 0.3) is 22.3 Å². The molecule has 2 aromatic heterocycles. The van der Waals surface area contributed by atoms with E-state index in [0.717, 1.165) is 6.42 Å². The van der Waals surface area contributed by atoms with Crippen molar-refractivity contribution in [1.29, 1.82) is 5.26 Å². The van der Waals surface area contributed by atoms with Crippen LogP contribution in [0.4, 0.5) is 10.2 Å². The van der Waals surface area contributed by atoms with Gasteiger partial charge in [0.05, 0.1) is 11.4 Å². The van der Waals surface area contributed by atoms with Crippen LogP contribution in [0.5, 0.6) is 11.5 Å². The third kappa shape index (κ3) is 4.22. The summed E-state index contributed by atoms with van der Waals surface area (Å²) in [6.45, 7) is 4.35. The first-order chi connectivity index (χ1) is 17.5. The number of fused-ring (bicyclic) bond motifs is 1. The van der Waals surface area contributed by atoms with Gasteiger partial charge in [-0.3, -0.25) is 4.79 Å². The van der Waals surface area contributed by atoms with Gasteiger partial charge in [-0.2, -0.15) is 10.4 Å². The summed E-state index contributed by atoms with van der Waals surface area (Å²) in [6.07, 6.45) is 2.75. The number of piperidine rings is 1. The number of carbonyl (C=O) groups excluding carboxylic acids is 1. The summed E-state index contributed by atoms with van der Waals surface area (Å²) >= 11 is 0. The Hall–Kier alpha value is -4.78. The minimum Gasteiger partial charge on any atom is -0.457 e. The maximum absolute atomic E-state index is 15.3. The van der Waals surface area contributed by atoms with Gasteiger partial charge in [0, 0.05) is 24.7 Å². The second kappa shape index (κ2) is 9.46. The van der Waals surface area contributed by atoms with Crippen LogP contribution in [0.1, 0.15) is 18.9 Å². The summed E-state index contributed by atoms with van der Waals surface area (Å²) in [7, 11) is 0. The number of hydrogen-bond acceptors (Lipinski definition) is 7. The summed E-state index contributed by atoms with van der Waals surface area (Å²) in [5, 5.41) is 14.2. The molecular formula is C26H22FN7O2. The fourth-order valence-corrected chi connectivity index (χ4v) is 4.39. The van der Waals surface area contributed by atoms with Crippen molar-refractivity contribution >= 4 is 22.8 Å². The molecule has 0 radical (unpaired) electrons. The molecule has 1 amide bonds. The molecule has 36 heavy (non-hydrogen) atoms. The molecule has 9 nitrogen and oxygen atoms in total. The number of rotatable bonds is 5. The van der Waals surface area contributed by atoms with Gasteiger partial charge in [0.15, 0.2) is 5.65 Å². The van der Waals surface area contributed by atoms with Crippen molar-refractivity contribution in [3.05, 3.63) is 72.8 Å². The van der Waals surface area contributed by atoms with Gasteiger partial charge in [-0.1, -0.05) is 24.8 Å². The lowest BCUT2D eigenvalue weighted by Gasteiger charge is -2.32. The molecule has 2 N–H and O–H groups in total. The Morgan fingerprint density at radius 3 is 2.75 bits per heavy atom. The van der Waals surface area contributed by atoms with Crippen molar-refractivity contribution in [3.8, 4) is 28.8 Å². The van der Waals surface area contributed by atoms with Crippen molar-refractivity contribution in [1.82, 2.24) is 24.6 Å². The molecule has 2 aromatic carbocycles. The predicted octanol–water partition coefficient (Wildman–Crippen LogP) is 4.25. The third-order valence-corrected chi connectivity index (χ3v) is 6.12. The molecule has 1 atom stereocenters. The normalized spacial score (nSPS) is 15.4. The number of para-hydroxylation sites is 1. The number of ether oxygens (including phenoxy) is 1. The fourth-order valence-electron chi connectivity index (χ4n) is 4.39. The zero-order valence-corrected chi connectivity index (χ0v) is 19.3.